The second kappa shape index (κ2) is 18.7. The molecule has 16 heteroatoms. The third-order valence-electron chi connectivity index (χ3n) is 7.60. The number of amides is 2. The van der Waals surface area contributed by atoms with Gasteiger partial charge in [-0.15, -0.1) is 0 Å². The third-order valence-corrected chi connectivity index (χ3v) is 7.60. The first-order valence-corrected chi connectivity index (χ1v) is 16.4. The lowest BCUT2D eigenvalue weighted by molar-refractivity contribution is -0.139. The Kier molecular flexibility index (Phi) is 13.9. The Morgan fingerprint density at radius 1 is 0.722 bits per heavy atom. The number of carbonyl (C=O) groups excluding carboxylic acids is 4. The summed E-state index contributed by atoms with van der Waals surface area (Å²) in [4.78, 5) is 48.4. The van der Waals surface area contributed by atoms with E-state index in [-0.39, 0.29) is 39.2 Å². The first-order valence-electron chi connectivity index (χ1n) is 16.4. The van der Waals surface area contributed by atoms with Crippen LogP contribution in [-0.2, 0) is 15.7 Å². The number of alkyl halides is 3. The van der Waals surface area contributed by atoms with E-state index in [1.54, 1.807) is 6.07 Å². The minimum atomic E-state index is -4.93. The van der Waals surface area contributed by atoms with E-state index >= 15 is 0 Å². The van der Waals surface area contributed by atoms with Crippen LogP contribution in [0.5, 0.6) is 11.5 Å². The van der Waals surface area contributed by atoms with Gasteiger partial charge in [0, 0.05) is 24.3 Å². The van der Waals surface area contributed by atoms with E-state index in [0.717, 1.165) is 31.4 Å². The summed E-state index contributed by atoms with van der Waals surface area (Å²) in [6.45, 7) is 4.04. The van der Waals surface area contributed by atoms with Crippen LogP contribution >= 0.6 is 0 Å². The molecule has 4 aromatic carbocycles. The highest BCUT2D eigenvalue weighted by Gasteiger charge is 2.35. The molecular formula is C38H35F3N6O7. The molecule has 0 bridgehead atoms. The average Bonchev–Trinajstić information content (AvgIpc) is 3.15. The van der Waals surface area contributed by atoms with Crippen molar-refractivity contribution in [1.29, 1.82) is 0 Å². The normalized spacial score (nSPS) is 11.4. The Morgan fingerprint density at radius 2 is 1.26 bits per heavy atom. The fourth-order valence-corrected chi connectivity index (χ4v) is 5.01. The predicted octanol–water partition coefficient (Wildman–Crippen LogP) is 8.59. The van der Waals surface area contributed by atoms with Crippen molar-refractivity contribution in [3.63, 3.8) is 0 Å². The van der Waals surface area contributed by atoms with Crippen molar-refractivity contribution >= 4 is 40.8 Å². The fraction of sp³-hybridized carbons (Fsp3) is 0.211. The summed E-state index contributed by atoms with van der Waals surface area (Å²) in [5.74, 6) is -3.45. The minimum Gasteiger partial charge on any atom is -0.494 e. The molecule has 0 saturated carbocycles. The number of ether oxygens (including phenoxy) is 3. The highest BCUT2D eigenvalue weighted by molar-refractivity contribution is 6.06. The summed E-state index contributed by atoms with van der Waals surface area (Å²) in [5, 5.41) is 15.4. The molecule has 0 aliphatic rings. The predicted molar refractivity (Wildman–Crippen MR) is 191 cm³/mol. The van der Waals surface area contributed by atoms with Crippen molar-refractivity contribution in [3.05, 3.63) is 114 Å². The van der Waals surface area contributed by atoms with Gasteiger partial charge >= 0.3 is 18.1 Å². The second-order valence-corrected chi connectivity index (χ2v) is 11.4. The molecule has 13 nitrogen and oxygen atoms in total. The molecule has 0 aromatic heterocycles. The van der Waals surface area contributed by atoms with Gasteiger partial charge in [0.25, 0.3) is 0 Å². The average molecular weight is 745 g/mol. The first kappa shape index (κ1) is 40.1. The summed E-state index contributed by atoms with van der Waals surface area (Å²) in [6, 6.07) is 17.1. The largest absolute Gasteiger partial charge is 0.494 e. The maximum Gasteiger partial charge on any atom is 0.420 e. The first-order chi connectivity index (χ1) is 25.8. The molecule has 54 heavy (non-hydrogen) atoms. The molecule has 2 amide bonds. The molecular weight excluding hydrogens is 709 g/mol. The van der Waals surface area contributed by atoms with E-state index in [9.17, 15) is 32.3 Å². The molecule has 0 atom stereocenters. The quantitative estimate of drug-likeness (QED) is 0.0355. The number of halogens is 3. The number of nitrogens with zero attached hydrogens (tertiary/aromatic N) is 4. The van der Waals surface area contributed by atoms with Crippen LogP contribution in [0.25, 0.3) is 11.1 Å². The van der Waals surface area contributed by atoms with Crippen LogP contribution < -0.4 is 20.9 Å². The number of rotatable bonds is 17. The number of hydrogen-bond donors (Lipinski definition) is 2. The van der Waals surface area contributed by atoms with Crippen molar-refractivity contribution in [2.45, 2.75) is 31.9 Å². The molecule has 0 aliphatic heterocycles. The number of esters is 2. The standard InChI is InChI=1S/C38H35F3N6O7/c1-3-34(48)53-19-7-5-4-6-18-52-27-13-8-23(9-14-27)37(51)54-33-17-12-26(22-32(33)38(39,40)41)47-46-25-11-16-29(31(21-25)36(43)50)28-15-10-24(45-44-2)20-30(28)35(42)49/h3,8-17,20-22H,1,4-7,18-19H2,2H3,(H2,42,49)(H2,43,50). The van der Waals surface area contributed by atoms with Gasteiger partial charge in [0.2, 0.25) is 11.8 Å². The topological polar surface area (TPSA) is 197 Å². The van der Waals surface area contributed by atoms with E-state index in [4.69, 9.17) is 25.7 Å². The van der Waals surface area contributed by atoms with E-state index in [0.29, 0.717) is 37.1 Å². The lowest BCUT2D eigenvalue weighted by atomic mass is 9.94. The van der Waals surface area contributed by atoms with Gasteiger partial charge in [0.1, 0.15) is 17.1 Å². The highest BCUT2D eigenvalue weighted by atomic mass is 19.4. The Morgan fingerprint density at radius 3 is 1.80 bits per heavy atom. The van der Waals surface area contributed by atoms with Crippen LogP contribution in [0.4, 0.5) is 30.2 Å². The van der Waals surface area contributed by atoms with Crippen LogP contribution in [0.3, 0.4) is 0 Å². The molecule has 0 aliphatic carbocycles. The smallest absolute Gasteiger partial charge is 0.420 e. The van der Waals surface area contributed by atoms with E-state index in [1.165, 1.54) is 67.7 Å². The molecule has 4 rings (SSSR count). The van der Waals surface area contributed by atoms with Crippen molar-refractivity contribution in [2.75, 3.05) is 20.3 Å². The van der Waals surface area contributed by atoms with Crippen molar-refractivity contribution in [3.8, 4) is 22.6 Å². The molecule has 0 heterocycles. The summed E-state index contributed by atoms with van der Waals surface area (Å²) in [7, 11) is 1.45. The van der Waals surface area contributed by atoms with Crippen molar-refractivity contribution in [1.82, 2.24) is 0 Å². The lowest BCUT2D eigenvalue weighted by Gasteiger charge is -2.13. The Hall–Kier alpha value is -6.71. The lowest BCUT2D eigenvalue weighted by Crippen LogP contribution is -2.15. The number of azo groups is 2. The van der Waals surface area contributed by atoms with Gasteiger partial charge < -0.3 is 25.7 Å². The van der Waals surface area contributed by atoms with Crippen LogP contribution in [-0.4, -0.2) is 44.0 Å². The number of hydrogen-bond acceptors (Lipinski definition) is 11. The molecule has 4 aromatic rings. The van der Waals surface area contributed by atoms with Crippen LogP contribution in [0.2, 0.25) is 0 Å². The van der Waals surface area contributed by atoms with Crippen LogP contribution in [0, 0.1) is 0 Å². The fourth-order valence-electron chi connectivity index (χ4n) is 5.01. The molecule has 280 valence electrons. The zero-order valence-corrected chi connectivity index (χ0v) is 29.0. The molecule has 0 spiro atoms. The van der Waals surface area contributed by atoms with E-state index in [1.807, 2.05) is 0 Å². The van der Waals surface area contributed by atoms with Crippen LogP contribution in [0.15, 0.2) is 112 Å². The highest BCUT2D eigenvalue weighted by Crippen LogP contribution is 2.39. The monoisotopic (exact) mass is 744 g/mol. The molecule has 0 unspecified atom stereocenters. The number of benzene rings is 4. The molecule has 0 radical (unpaired) electrons. The number of primary amides is 2. The number of unbranched alkanes of at least 4 members (excludes halogenated alkanes) is 3. The van der Waals surface area contributed by atoms with E-state index in [2.05, 4.69) is 27.0 Å². The number of nitrogens with two attached hydrogens (primary N) is 2. The zero-order chi connectivity index (χ0) is 39.3. The van der Waals surface area contributed by atoms with Crippen molar-refractivity contribution < 1.29 is 46.6 Å². The second-order valence-electron chi connectivity index (χ2n) is 11.4. The number of carbonyl (C=O) groups is 4. The third kappa shape index (κ3) is 11.1. The Labute approximate surface area is 307 Å². The zero-order valence-electron chi connectivity index (χ0n) is 29.0. The molecule has 4 N–H and O–H groups in total. The van der Waals surface area contributed by atoms with Gasteiger partial charge in [-0.2, -0.15) is 33.6 Å². The minimum absolute atomic E-state index is 0.00706. The summed E-state index contributed by atoms with van der Waals surface area (Å²) in [6.07, 6.45) is -0.707. The maximum absolute atomic E-state index is 14.1. The van der Waals surface area contributed by atoms with Gasteiger partial charge in [-0.3, -0.25) is 9.59 Å². The van der Waals surface area contributed by atoms with Gasteiger partial charge in [-0.1, -0.05) is 18.7 Å². The Bertz CT molecular complexity index is 2080. The summed E-state index contributed by atoms with van der Waals surface area (Å²) in [5.41, 5.74) is 10.6. The Balaban J connectivity index is 1.43. The van der Waals surface area contributed by atoms with Crippen LogP contribution in [0.1, 0.15) is 62.3 Å². The van der Waals surface area contributed by atoms with Gasteiger partial charge in [0.15, 0.2) is 0 Å². The summed E-state index contributed by atoms with van der Waals surface area (Å²) < 4.78 is 57.9. The van der Waals surface area contributed by atoms with Gasteiger partial charge in [0.05, 0.1) is 35.8 Å². The summed E-state index contributed by atoms with van der Waals surface area (Å²) >= 11 is 0. The van der Waals surface area contributed by atoms with Crippen molar-refractivity contribution in [2.24, 2.45) is 31.9 Å². The van der Waals surface area contributed by atoms with Gasteiger partial charge in [-0.05, 0) is 104 Å². The maximum atomic E-state index is 14.1. The van der Waals surface area contributed by atoms with E-state index < -0.39 is 41.2 Å². The molecule has 0 fully saturated rings. The molecule has 0 saturated heterocycles. The van der Waals surface area contributed by atoms with Gasteiger partial charge in [-0.25, -0.2) is 9.59 Å². The SMILES string of the molecule is C=CC(=O)OCCCCCCOc1ccc(C(=O)Oc2ccc(N=Nc3ccc(-c4ccc(N=NC)cc4C(N)=O)c(C(N)=O)c3)cc2C(F)(F)F)cc1.